The molecule has 2 aliphatic carbocycles. The van der Waals surface area contributed by atoms with E-state index in [0.29, 0.717) is 11.8 Å². The Kier molecular flexibility index (Phi) is 7.72. The first-order valence-electron chi connectivity index (χ1n) is 11.8. The number of allylic oxidation sites excluding steroid dienone is 1. The molecule has 0 radical (unpaired) electrons. The Labute approximate surface area is 182 Å². The van der Waals surface area contributed by atoms with Crippen LogP contribution in [0.25, 0.3) is 0 Å². The Morgan fingerprint density at radius 2 is 1.48 bits per heavy atom. The predicted octanol–water partition coefficient (Wildman–Crippen LogP) is 7.38. The minimum atomic E-state index is 0.0322. The normalized spacial score (nSPS) is 35.9. The van der Waals surface area contributed by atoms with E-state index in [4.69, 9.17) is 21.1 Å². The molecule has 1 aromatic rings. The van der Waals surface area contributed by atoms with E-state index in [9.17, 15) is 0 Å². The second kappa shape index (κ2) is 10.5. The highest BCUT2D eigenvalue weighted by molar-refractivity contribution is 6.30. The summed E-state index contributed by atoms with van der Waals surface area (Å²) in [7, 11) is 0. The van der Waals surface area contributed by atoms with Crippen LogP contribution in [0.1, 0.15) is 75.7 Å². The van der Waals surface area contributed by atoms with Gasteiger partial charge in [-0.1, -0.05) is 29.8 Å². The summed E-state index contributed by atoms with van der Waals surface area (Å²) >= 11 is 6.03. The fourth-order valence-corrected chi connectivity index (χ4v) is 5.87. The van der Waals surface area contributed by atoms with E-state index in [2.05, 4.69) is 24.8 Å². The molecule has 4 rings (SSSR count). The van der Waals surface area contributed by atoms with Gasteiger partial charge in [-0.15, -0.1) is 6.58 Å². The molecule has 2 nitrogen and oxygen atoms in total. The molecule has 0 amide bonds. The zero-order chi connectivity index (χ0) is 20.1. The van der Waals surface area contributed by atoms with Crippen molar-refractivity contribution in [3.8, 4) is 0 Å². The van der Waals surface area contributed by atoms with Crippen LogP contribution < -0.4 is 0 Å². The number of halogens is 1. The molecule has 3 fully saturated rings. The van der Waals surface area contributed by atoms with Gasteiger partial charge in [-0.05, 0) is 106 Å². The maximum absolute atomic E-state index is 6.13. The van der Waals surface area contributed by atoms with Gasteiger partial charge in [0.15, 0.2) is 6.29 Å². The third-order valence-corrected chi connectivity index (χ3v) is 8.06. The van der Waals surface area contributed by atoms with Crippen molar-refractivity contribution in [2.45, 2.75) is 76.4 Å². The van der Waals surface area contributed by atoms with Crippen molar-refractivity contribution in [2.75, 3.05) is 13.2 Å². The summed E-state index contributed by atoms with van der Waals surface area (Å²) in [6.07, 6.45) is 15.0. The molecule has 0 atom stereocenters. The Morgan fingerprint density at radius 3 is 2.10 bits per heavy atom. The van der Waals surface area contributed by atoms with Crippen LogP contribution in [0, 0.1) is 23.7 Å². The van der Waals surface area contributed by atoms with Crippen molar-refractivity contribution < 1.29 is 9.47 Å². The maximum Gasteiger partial charge on any atom is 0.157 e. The minimum Gasteiger partial charge on any atom is -0.352 e. The summed E-state index contributed by atoms with van der Waals surface area (Å²) in [5.74, 6) is 3.67. The lowest BCUT2D eigenvalue weighted by Gasteiger charge is -2.37. The average molecular weight is 417 g/mol. The van der Waals surface area contributed by atoms with Crippen LogP contribution in [-0.4, -0.2) is 19.5 Å². The van der Waals surface area contributed by atoms with Crippen LogP contribution in [0.5, 0.6) is 0 Å². The number of rotatable bonds is 6. The molecule has 1 aliphatic heterocycles. The zero-order valence-electron chi connectivity index (χ0n) is 17.7. The van der Waals surface area contributed by atoms with E-state index >= 15 is 0 Å². The van der Waals surface area contributed by atoms with Gasteiger partial charge in [-0.3, -0.25) is 0 Å². The topological polar surface area (TPSA) is 18.5 Å². The van der Waals surface area contributed by atoms with Gasteiger partial charge in [0.25, 0.3) is 0 Å². The van der Waals surface area contributed by atoms with E-state index in [1.54, 1.807) is 0 Å². The molecule has 0 aromatic heterocycles. The Hall–Kier alpha value is -0.830. The molecule has 0 bridgehead atoms. The highest BCUT2D eigenvalue weighted by Gasteiger charge is 2.32. The first-order valence-corrected chi connectivity index (χ1v) is 12.2. The monoisotopic (exact) mass is 416 g/mol. The van der Waals surface area contributed by atoms with Gasteiger partial charge in [-0.25, -0.2) is 0 Å². The van der Waals surface area contributed by atoms with Gasteiger partial charge in [0.2, 0.25) is 0 Å². The van der Waals surface area contributed by atoms with Gasteiger partial charge in [-0.2, -0.15) is 0 Å². The van der Waals surface area contributed by atoms with Gasteiger partial charge >= 0.3 is 0 Å². The summed E-state index contributed by atoms with van der Waals surface area (Å²) in [5.41, 5.74) is 1.46. The quantitative estimate of drug-likeness (QED) is 0.450. The van der Waals surface area contributed by atoms with E-state index in [0.717, 1.165) is 42.4 Å². The van der Waals surface area contributed by atoms with Crippen molar-refractivity contribution in [2.24, 2.45) is 23.7 Å². The molecule has 1 heterocycles. The van der Waals surface area contributed by atoms with Gasteiger partial charge in [0, 0.05) is 10.9 Å². The fraction of sp³-hybridized carbons (Fsp3) is 0.692. The molecular weight excluding hydrogens is 380 g/mol. The third kappa shape index (κ3) is 5.87. The van der Waals surface area contributed by atoms with Crippen LogP contribution in [0.15, 0.2) is 36.9 Å². The smallest absolute Gasteiger partial charge is 0.157 e. The largest absolute Gasteiger partial charge is 0.352 e. The van der Waals surface area contributed by atoms with E-state index in [1.807, 2.05) is 12.1 Å². The van der Waals surface area contributed by atoms with E-state index in [1.165, 1.54) is 63.4 Å². The Morgan fingerprint density at radius 1 is 0.828 bits per heavy atom. The summed E-state index contributed by atoms with van der Waals surface area (Å²) in [6.45, 7) is 5.76. The van der Waals surface area contributed by atoms with Crippen molar-refractivity contribution in [3.63, 3.8) is 0 Å². The van der Waals surface area contributed by atoms with Crippen LogP contribution in [0.4, 0.5) is 0 Å². The van der Waals surface area contributed by atoms with Gasteiger partial charge in [0.1, 0.15) is 0 Å². The molecule has 2 saturated carbocycles. The molecular formula is C26H37ClO2. The number of benzene rings is 1. The highest BCUT2D eigenvalue weighted by atomic mass is 35.5. The van der Waals surface area contributed by atoms with Gasteiger partial charge < -0.3 is 9.47 Å². The van der Waals surface area contributed by atoms with Crippen molar-refractivity contribution in [3.05, 3.63) is 47.5 Å². The second-order valence-electron chi connectivity index (χ2n) is 9.61. The molecule has 160 valence electrons. The molecule has 29 heavy (non-hydrogen) atoms. The van der Waals surface area contributed by atoms with Crippen LogP contribution in [0.3, 0.4) is 0 Å². The predicted molar refractivity (Wildman–Crippen MR) is 120 cm³/mol. The zero-order valence-corrected chi connectivity index (χ0v) is 18.5. The second-order valence-corrected chi connectivity index (χ2v) is 10.0. The van der Waals surface area contributed by atoms with E-state index < -0.39 is 0 Å². The average Bonchev–Trinajstić information content (AvgIpc) is 2.79. The van der Waals surface area contributed by atoms with Crippen LogP contribution in [-0.2, 0) is 9.47 Å². The first kappa shape index (κ1) is 21.4. The lowest BCUT2D eigenvalue weighted by Crippen LogP contribution is -2.37. The van der Waals surface area contributed by atoms with Crippen LogP contribution >= 0.6 is 11.6 Å². The standard InChI is InChI=1S/C26H37ClO2/c1-2-19-3-8-23(9-4-19)24-17-28-26(29-18-24)16-7-20-5-10-21(11-6-20)22-12-14-25(27)15-13-22/h2,12-15,19-21,23-24,26H,1,3-11,16-18H2/t19-,20-,21-,23-,24?,26?. The molecule has 1 saturated heterocycles. The molecule has 0 unspecified atom stereocenters. The number of hydrogen-bond acceptors (Lipinski definition) is 2. The highest BCUT2D eigenvalue weighted by Crippen LogP contribution is 2.39. The fourth-order valence-electron chi connectivity index (χ4n) is 5.74. The van der Waals surface area contributed by atoms with Crippen molar-refractivity contribution in [1.29, 1.82) is 0 Å². The summed E-state index contributed by atoms with van der Waals surface area (Å²) in [5, 5.41) is 0.835. The minimum absolute atomic E-state index is 0.0322. The number of ether oxygens (including phenoxy) is 2. The Balaban J connectivity index is 1.13. The van der Waals surface area contributed by atoms with Gasteiger partial charge in [0.05, 0.1) is 13.2 Å². The SMILES string of the molecule is C=C[C@H]1CC[C@H](C2COC(CC[C@H]3CC[C@H](c4ccc(Cl)cc4)CC3)OC2)CC1. The summed E-state index contributed by atoms with van der Waals surface area (Å²) in [6, 6.07) is 8.47. The summed E-state index contributed by atoms with van der Waals surface area (Å²) < 4.78 is 12.3. The lowest BCUT2D eigenvalue weighted by molar-refractivity contribution is -0.213. The van der Waals surface area contributed by atoms with Crippen LogP contribution in [0.2, 0.25) is 5.02 Å². The van der Waals surface area contributed by atoms with Crippen molar-refractivity contribution in [1.82, 2.24) is 0 Å². The van der Waals surface area contributed by atoms with Crippen molar-refractivity contribution >= 4 is 11.6 Å². The molecule has 3 aliphatic rings. The lowest BCUT2D eigenvalue weighted by atomic mass is 9.76. The summed E-state index contributed by atoms with van der Waals surface area (Å²) in [4.78, 5) is 0. The maximum atomic E-state index is 6.13. The molecule has 0 spiro atoms. The molecule has 1 aromatic carbocycles. The molecule has 0 N–H and O–H groups in total. The Bertz CT molecular complexity index is 619. The van der Waals surface area contributed by atoms with E-state index in [-0.39, 0.29) is 6.29 Å². The first-order chi connectivity index (χ1) is 14.2. The number of hydrogen-bond donors (Lipinski definition) is 0. The molecule has 3 heteroatoms. The third-order valence-electron chi connectivity index (χ3n) is 7.81.